The number of ether oxygens (including phenoxy) is 1. The van der Waals surface area contributed by atoms with E-state index in [1.54, 1.807) is 12.1 Å². The number of hydrogen-bond acceptors (Lipinski definition) is 3. The molecule has 0 aliphatic heterocycles. The summed E-state index contributed by atoms with van der Waals surface area (Å²) < 4.78 is 6.06. The second-order valence-electron chi connectivity index (χ2n) is 4.30. The third-order valence-corrected chi connectivity index (χ3v) is 3.58. The lowest BCUT2D eigenvalue weighted by atomic mass is 10.2. The fourth-order valence-electron chi connectivity index (χ4n) is 1.50. The van der Waals surface area contributed by atoms with E-state index in [-0.39, 0.29) is 19.0 Å². The van der Waals surface area contributed by atoms with Crippen LogP contribution in [0.15, 0.2) is 16.6 Å². The number of halogens is 1. The molecule has 0 atom stereocenters. The Bertz CT molecular complexity index is 519. The van der Waals surface area contributed by atoms with Crippen LogP contribution in [0.5, 0.6) is 5.75 Å². The minimum Gasteiger partial charge on any atom is -0.495 e. The molecular formula is C13H17BrN2O4. The fourth-order valence-corrected chi connectivity index (χ4v) is 1.84. The molecule has 0 aromatic heterocycles. The molecule has 1 aromatic carbocycles. The number of anilines is 1. The summed E-state index contributed by atoms with van der Waals surface area (Å²) in [7, 11) is 3.06. The topological polar surface area (TPSA) is 78.9 Å². The summed E-state index contributed by atoms with van der Waals surface area (Å²) >= 11 is 3.39. The molecule has 6 nitrogen and oxygen atoms in total. The van der Waals surface area contributed by atoms with Gasteiger partial charge in [0.05, 0.1) is 19.2 Å². The predicted octanol–water partition coefficient (Wildman–Crippen LogP) is 2.70. The van der Waals surface area contributed by atoms with Gasteiger partial charge in [0.25, 0.3) is 0 Å². The second-order valence-corrected chi connectivity index (χ2v) is 5.15. The molecule has 0 fully saturated rings. The number of urea groups is 1. The molecular weight excluding hydrogens is 328 g/mol. The molecule has 7 heteroatoms. The van der Waals surface area contributed by atoms with Crippen LogP contribution in [-0.4, -0.2) is 42.7 Å². The van der Waals surface area contributed by atoms with Crippen LogP contribution in [0.2, 0.25) is 0 Å². The van der Waals surface area contributed by atoms with Gasteiger partial charge in [-0.05, 0) is 24.6 Å². The molecule has 0 radical (unpaired) electrons. The van der Waals surface area contributed by atoms with Crippen molar-refractivity contribution in [3.63, 3.8) is 0 Å². The molecule has 0 aliphatic carbocycles. The monoisotopic (exact) mass is 344 g/mol. The highest BCUT2D eigenvalue weighted by Crippen LogP contribution is 2.31. The van der Waals surface area contributed by atoms with E-state index in [4.69, 9.17) is 9.84 Å². The summed E-state index contributed by atoms with van der Waals surface area (Å²) in [6, 6.07) is 3.16. The molecule has 0 unspecified atom stereocenters. The largest absolute Gasteiger partial charge is 0.495 e. The van der Waals surface area contributed by atoms with E-state index in [9.17, 15) is 9.59 Å². The minimum atomic E-state index is -0.944. The van der Waals surface area contributed by atoms with Crippen LogP contribution < -0.4 is 10.1 Å². The molecule has 1 aromatic rings. The smallest absolute Gasteiger partial charge is 0.321 e. The average molecular weight is 345 g/mol. The van der Waals surface area contributed by atoms with Crippen molar-refractivity contribution in [2.24, 2.45) is 0 Å². The Morgan fingerprint density at radius 1 is 1.45 bits per heavy atom. The van der Waals surface area contributed by atoms with Gasteiger partial charge in [0.15, 0.2) is 0 Å². The van der Waals surface area contributed by atoms with Crippen molar-refractivity contribution >= 4 is 33.6 Å². The number of carbonyl (C=O) groups excluding carboxylic acids is 1. The molecule has 0 bridgehead atoms. The highest BCUT2D eigenvalue weighted by Gasteiger charge is 2.14. The van der Waals surface area contributed by atoms with Gasteiger partial charge in [-0.1, -0.05) is 15.9 Å². The van der Waals surface area contributed by atoms with E-state index in [0.717, 1.165) is 10.0 Å². The number of rotatable bonds is 5. The first kappa shape index (κ1) is 16.3. The van der Waals surface area contributed by atoms with E-state index in [1.165, 1.54) is 19.1 Å². The maximum absolute atomic E-state index is 11.9. The molecule has 2 N–H and O–H groups in total. The van der Waals surface area contributed by atoms with Crippen LogP contribution in [-0.2, 0) is 4.79 Å². The Kier molecular flexibility index (Phi) is 5.82. The SMILES string of the molecule is COc1cc(C)c(Br)cc1NC(=O)N(C)CCC(=O)O. The summed E-state index contributed by atoms with van der Waals surface area (Å²) in [6.45, 7) is 2.05. The van der Waals surface area contributed by atoms with E-state index in [0.29, 0.717) is 11.4 Å². The highest BCUT2D eigenvalue weighted by molar-refractivity contribution is 9.10. The average Bonchev–Trinajstić information content (AvgIpc) is 2.39. The van der Waals surface area contributed by atoms with Gasteiger partial charge in [-0.2, -0.15) is 0 Å². The zero-order valence-electron chi connectivity index (χ0n) is 11.6. The Labute approximate surface area is 125 Å². The lowest BCUT2D eigenvalue weighted by Crippen LogP contribution is -2.33. The lowest BCUT2D eigenvalue weighted by molar-refractivity contribution is -0.137. The van der Waals surface area contributed by atoms with Gasteiger partial charge in [-0.25, -0.2) is 4.79 Å². The minimum absolute atomic E-state index is 0.0986. The third-order valence-electron chi connectivity index (χ3n) is 2.73. The number of carboxylic acids is 1. The first-order valence-electron chi connectivity index (χ1n) is 5.93. The summed E-state index contributed by atoms with van der Waals surface area (Å²) in [6.07, 6.45) is -0.0986. The van der Waals surface area contributed by atoms with Gasteiger partial charge in [0.1, 0.15) is 5.75 Å². The number of nitrogens with zero attached hydrogens (tertiary/aromatic N) is 1. The zero-order valence-corrected chi connectivity index (χ0v) is 13.2. The van der Waals surface area contributed by atoms with E-state index >= 15 is 0 Å². The van der Waals surface area contributed by atoms with Crippen LogP contribution in [0.3, 0.4) is 0 Å². The number of carboxylic acid groups (broad SMARTS) is 1. The molecule has 0 heterocycles. The summed E-state index contributed by atoms with van der Waals surface area (Å²) in [5, 5.41) is 11.3. The molecule has 0 aliphatic rings. The van der Waals surface area contributed by atoms with Crippen LogP contribution in [0.25, 0.3) is 0 Å². The van der Waals surface area contributed by atoms with Crippen molar-refractivity contribution in [1.29, 1.82) is 0 Å². The van der Waals surface area contributed by atoms with Crippen molar-refractivity contribution in [3.8, 4) is 5.75 Å². The van der Waals surface area contributed by atoms with Crippen molar-refractivity contribution in [2.45, 2.75) is 13.3 Å². The Morgan fingerprint density at radius 3 is 2.65 bits per heavy atom. The van der Waals surface area contributed by atoms with Gasteiger partial charge in [-0.3, -0.25) is 4.79 Å². The Balaban J connectivity index is 2.79. The van der Waals surface area contributed by atoms with Crippen LogP contribution >= 0.6 is 15.9 Å². The number of benzene rings is 1. The van der Waals surface area contributed by atoms with E-state index in [1.807, 2.05) is 6.92 Å². The summed E-state index contributed by atoms with van der Waals surface area (Å²) in [4.78, 5) is 23.7. The molecule has 0 saturated heterocycles. The van der Waals surface area contributed by atoms with Crippen molar-refractivity contribution in [3.05, 3.63) is 22.2 Å². The molecule has 110 valence electrons. The van der Waals surface area contributed by atoms with Crippen LogP contribution in [0, 0.1) is 6.92 Å². The molecule has 0 saturated carbocycles. The number of amides is 2. The highest BCUT2D eigenvalue weighted by atomic mass is 79.9. The van der Waals surface area contributed by atoms with Crippen molar-refractivity contribution < 1.29 is 19.4 Å². The third kappa shape index (κ3) is 4.41. The van der Waals surface area contributed by atoms with E-state index < -0.39 is 5.97 Å². The number of carbonyl (C=O) groups is 2. The number of hydrogen-bond donors (Lipinski definition) is 2. The van der Waals surface area contributed by atoms with E-state index in [2.05, 4.69) is 21.2 Å². The Morgan fingerprint density at radius 2 is 2.10 bits per heavy atom. The number of aliphatic carboxylic acids is 1. The molecule has 20 heavy (non-hydrogen) atoms. The predicted molar refractivity (Wildman–Crippen MR) is 79.3 cm³/mol. The fraction of sp³-hybridized carbons (Fsp3) is 0.385. The van der Waals surface area contributed by atoms with Gasteiger partial charge < -0.3 is 20.1 Å². The van der Waals surface area contributed by atoms with Gasteiger partial charge in [-0.15, -0.1) is 0 Å². The number of aryl methyl sites for hydroxylation is 1. The van der Waals surface area contributed by atoms with Crippen LogP contribution in [0.4, 0.5) is 10.5 Å². The van der Waals surface area contributed by atoms with Crippen LogP contribution in [0.1, 0.15) is 12.0 Å². The second kappa shape index (κ2) is 7.14. The zero-order chi connectivity index (χ0) is 15.3. The Hall–Kier alpha value is -1.76. The normalized spacial score (nSPS) is 10.0. The molecule has 1 rings (SSSR count). The van der Waals surface area contributed by atoms with Crippen molar-refractivity contribution in [1.82, 2.24) is 4.90 Å². The number of methoxy groups -OCH3 is 1. The standard InChI is InChI=1S/C13H17BrN2O4/c1-8-6-11(20-3)10(7-9(8)14)15-13(19)16(2)5-4-12(17)18/h6-7H,4-5H2,1-3H3,(H,15,19)(H,17,18). The summed E-state index contributed by atoms with van der Waals surface area (Å²) in [5.74, 6) is -0.397. The maximum Gasteiger partial charge on any atom is 0.321 e. The first-order chi connectivity index (χ1) is 9.35. The summed E-state index contributed by atoms with van der Waals surface area (Å²) in [5.41, 5.74) is 1.51. The molecule has 0 spiro atoms. The quantitative estimate of drug-likeness (QED) is 0.860. The van der Waals surface area contributed by atoms with Gasteiger partial charge in [0, 0.05) is 18.1 Å². The number of nitrogens with one attached hydrogen (secondary N) is 1. The first-order valence-corrected chi connectivity index (χ1v) is 6.72. The lowest BCUT2D eigenvalue weighted by Gasteiger charge is -2.18. The maximum atomic E-state index is 11.9. The molecule has 2 amide bonds. The van der Waals surface area contributed by atoms with Gasteiger partial charge >= 0.3 is 12.0 Å². The van der Waals surface area contributed by atoms with Crippen molar-refractivity contribution in [2.75, 3.05) is 26.0 Å². The van der Waals surface area contributed by atoms with Gasteiger partial charge in [0.2, 0.25) is 0 Å².